The van der Waals surface area contributed by atoms with Gasteiger partial charge in [-0.1, -0.05) is 23.9 Å². The Morgan fingerprint density at radius 3 is 3.12 bits per heavy atom. The lowest BCUT2D eigenvalue weighted by Crippen LogP contribution is -2.28. The summed E-state index contributed by atoms with van der Waals surface area (Å²) in [5.74, 6) is 2.32. The summed E-state index contributed by atoms with van der Waals surface area (Å²) in [5, 5.41) is 12.5. The maximum absolute atomic E-state index is 12.2. The van der Waals surface area contributed by atoms with E-state index in [9.17, 15) is 4.79 Å². The quantitative estimate of drug-likeness (QED) is 0.630. The molecule has 0 spiro atoms. The minimum Gasteiger partial charge on any atom is -0.454 e. The number of H-pyrrole nitrogens is 1. The van der Waals surface area contributed by atoms with Crippen LogP contribution in [0.2, 0.25) is 0 Å². The van der Waals surface area contributed by atoms with Crippen LogP contribution in [0, 0.1) is 0 Å². The molecule has 4 rings (SSSR count). The number of nitrogens with one attached hydrogen (secondary N) is 2. The van der Waals surface area contributed by atoms with Crippen LogP contribution >= 0.6 is 23.1 Å². The lowest BCUT2D eigenvalue weighted by Gasteiger charge is -2.14. The standard InChI is InChI=1S/C17H16N4O3S2/c1-10(11-4-5-12-13(7-11)24-9-23-12)18-15(22)8-26-17-19-16(20-21-17)14-3-2-6-25-14/h2-7,10H,8-9H2,1H3,(H,18,22)(H,19,20,21)/t10-/m0/s1. The second-order valence-corrected chi connectivity index (χ2v) is 7.52. The van der Waals surface area contributed by atoms with Gasteiger partial charge in [-0.2, -0.15) is 0 Å². The van der Waals surface area contributed by atoms with Gasteiger partial charge in [-0.25, -0.2) is 4.98 Å². The molecule has 0 unspecified atom stereocenters. The second kappa shape index (κ2) is 7.38. The number of nitrogens with zero attached hydrogens (tertiary/aromatic N) is 2. The average Bonchev–Trinajstić information content (AvgIpc) is 3.40. The zero-order chi connectivity index (χ0) is 17.9. The van der Waals surface area contributed by atoms with Gasteiger partial charge in [-0.3, -0.25) is 9.89 Å². The first-order valence-electron chi connectivity index (χ1n) is 7.97. The summed E-state index contributed by atoms with van der Waals surface area (Å²) in [4.78, 5) is 17.6. The highest BCUT2D eigenvalue weighted by molar-refractivity contribution is 7.99. The summed E-state index contributed by atoms with van der Waals surface area (Å²) in [5.41, 5.74) is 0.963. The van der Waals surface area contributed by atoms with Gasteiger partial charge < -0.3 is 14.8 Å². The molecular formula is C17H16N4O3S2. The first kappa shape index (κ1) is 16.9. The SMILES string of the molecule is C[C@H](NC(=O)CSc1n[nH]c(-c2cccs2)n1)c1ccc2c(c1)OCO2. The molecule has 7 nitrogen and oxygen atoms in total. The maximum atomic E-state index is 12.2. The highest BCUT2D eigenvalue weighted by Gasteiger charge is 2.17. The van der Waals surface area contributed by atoms with Gasteiger partial charge in [0.2, 0.25) is 17.9 Å². The third-order valence-corrected chi connectivity index (χ3v) is 5.55. The molecule has 0 saturated carbocycles. The molecule has 2 aromatic heterocycles. The summed E-state index contributed by atoms with van der Waals surface area (Å²) >= 11 is 2.89. The van der Waals surface area contributed by atoms with Crippen LogP contribution in [-0.2, 0) is 4.79 Å². The number of thiophene rings is 1. The first-order valence-corrected chi connectivity index (χ1v) is 9.83. The lowest BCUT2D eigenvalue weighted by atomic mass is 10.1. The van der Waals surface area contributed by atoms with Crippen molar-refractivity contribution in [2.75, 3.05) is 12.5 Å². The molecule has 134 valence electrons. The molecule has 26 heavy (non-hydrogen) atoms. The predicted octanol–water partition coefficient (Wildman–Crippen LogP) is 3.23. The van der Waals surface area contributed by atoms with Crippen molar-refractivity contribution in [2.24, 2.45) is 0 Å². The van der Waals surface area contributed by atoms with E-state index in [1.165, 1.54) is 11.8 Å². The number of benzene rings is 1. The summed E-state index contributed by atoms with van der Waals surface area (Å²) in [6.07, 6.45) is 0. The summed E-state index contributed by atoms with van der Waals surface area (Å²) < 4.78 is 10.7. The largest absolute Gasteiger partial charge is 0.454 e. The molecule has 1 amide bonds. The Morgan fingerprint density at radius 2 is 2.27 bits per heavy atom. The van der Waals surface area contributed by atoms with Crippen LogP contribution in [0.3, 0.4) is 0 Å². The number of aromatic amines is 1. The Labute approximate surface area is 158 Å². The second-order valence-electron chi connectivity index (χ2n) is 5.63. The van der Waals surface area contributed by atoms with Crippen LogP contribution in [0.5, 0.6) is 11.5 Å². The Morgan fingerprint density at radius 1 is 1.38 bits per heavy atom. The maximum Gasteiger partial charge on any atom is 0.231 e. The third kappa shape index (κ3) is 3.68. The molecule has 9 heteroatoms. The van der Waals surface area contributed by atoms with Gasteiger partial charge in [0.15, 0.2) is 17.3 Å². The molecule has 0 aliphatic carbocycles. The fourth-order valence-corrected chi connectivity index (χ4v) is 3.79. The Bertz CT molecular complexity index is 911. The van der Waals surface area contributed by atoms with Crippen molar-refractivity contribution >= 4 is 29.0 Å². The van der Waals surface area contributed by atoms with Crippen LogP contribution in [0.25, 0.3) is 10.7 Å². The monoisotopic (exact) mass is 388 g/mol. The number of thioether (sulfide) groups is 1. The van der Waals surface area contributed by atoms with Crippen molar-refractivity contribution < 1.29 is 14.3 Å². The topological polar surface area (TPSA) is 89.1 Å². The van der Waals surface area contributed by atoms with E-state index < -0.39 is 0 Å². The van der Waals surface area contributed by atoms with Crippen LogP contribution in [0.15, 0.2) is 40.9 Å². The molecule has 1 aromatic carbocycles. The molecule has 1 atom stereocenters. The number of hydrogen-bond acceptors (Lipinski definition) is 7. The lowest BCUT2D eigenvalue weighted by molar-refractivity contribution is -0.119. The van der Waals surface area contributed by atoms with E-state index >= 15 is 0 Å². The minimum atomic E-state index is -0.133. The van der Waals surface area contributed by atoms with E-state index in [0.717, 1.165) is 22.0 Å². The average molecular weight is 388 g/mol. The van der Waals surface area contributed by atoms with Gasteiger partial charge >= 0.3 is 0 Å². The van der Waals surface area contributed by atoms with Gasteiger partial charge in [0.25, 0.3) is 0 Å². The minimum absolute atomic E-state index is 0.0809. The smallest absolute Gasteiger partial charge is 0.231 e. The Kier molecular flexibility index (Phi) is 4.81. The van der Waals surface area contributed by atoms with Crippen LogP contribution in [0.1, 0.15) is 18.5 Å². The molecular weight excluding hydrogens is 372 g/mol. The van der Waals surface area contributed by atoms with E-state index in [0.29, 0.717) is 10.9 Å². The Hall–Kier alpha value is -2.52. The Balaban J connectivity index is 1.31. The first-order chi connectivity index (χ1) is 12.7. The number of amides is 1. The van der Waals surface area contributed by atoms with Crippen LogP contribution in [-0.4, -0.2) is 33.6 Å². The van der Waals surface area contributed by atoms with Gasteiger partial charge in [0, 0.05) is 0 Å². The normalized spacial score (nSPS) is 13.6. The summed E-state index contributed by atoms with van der Waals surface area (Å²) in [7, 11) is 0. The van der Waals surface area contributed by atoms with Gasteiger partial charge in [-0.05, 0) is 36.1 Å². The van der Waals surface area contributed by atoms with E-state index in [1.807, 2.05) is 42.6 Å². The van der Waals surface area contributed by atoms with Crippen molar-refractivity contribution in [3.63, 3.8) is 0 Å². The fraction of sp³-hybridized carbons (Fsp3) is 0.235. The van der Waals surface area contributed by atoms with Crippen molar-refractivity contribution in [1.29, 1.82) is 0 Å². The number of rotatable bonds is 6. The number of hydrogen-bond donors (Lipinski definition) is 2. The number of carbonyl (C=O) groups excluding carboxylic acids is 1. The molecule has 3 heterocycles. The van der Waals surface area contributed by atoms with Crippen LogP contribution < -0.4 is 14.8 Å². The highest BCUT2D eigenvalue weighted by atomic mass is 32.2. The van der Waals surface area contributed by atoms with E-state index in [2.05, 4.69) is 20.5 Å². The fourth-order valence-electron chi connectivity index (χ4n) is 2.51. The number of fused-ring (bicyclic) bond motifs is 1. The third-order valence-electron chi connectivity index (χ3n) is 3.83. The number of aromatic nitrogens is 3. The van der Waals surface area contributed by atoms with E-state index in [-0.39, 0.29) is 24.5 Å². The molecule has 1 aliphatic heterocycles. The molecule has 2 N–H and O–H groups in total. The van der Waals surface area contributed by atoms with E-state index in [4.69, 9.17) is 9.47 Å². The van der Waals surface area contributed by atoms with Crippen molar-refractivity contribution in [1.82, 2.24) is 20.5 Å². The predicted molar refractivity (Wildman–Crippen MR) is 99.5 cm³/mol. The molecule has 3 aromatic rings. The molecule has 0 saturated heterocycles. The van der Waals surface area contributed by atoms with Gasteiger partial charge in [0.05, 0.1) is 16.7 Å². The van der Waals surface area contributed by atoms with Crippen LogP contribution in [0.4, 0.5) is 0 Å². The zero-order valence-electron chi connectivity index (χ0n) is 13.9. The van der Waals surface area contributed by atoms with Crippen molar-refractivity contribution in [3.8, 4) is 22.2 Å². The van der Waals surface area contributed by atoms with Crippen molar-refractivity contribution in [2.45, 2.75) is 18.1 Å². The number of ether oxygens (including phenoxy) is 2. The molecule has 1 aliphatic rings. The van der Waals surface area contributed by atoms with Gasteiger partial charge in [-0.15, -0.1) is 16.4 Å². The molecule has 0 bridgehead atoms. The molecule has 0 radical (unpaired) electrons. The molecule has 0 fully saturated rings. The highest BCUT2D eigenvalue weighted by Crippen LogP contribution is 2.34. The van der Waals surface area contributed by atoms with E-state index in [1.54, 1.807) is 11.3 Å². The summed E-state index contributed by atoms with van der Waals surface area (Å²) in [6.45, 7) is 2.17. The summed E-state index contributed by atoms with van der Waals surface area (Å²) in [6, 6.07) is 9.47. The zero-order valence-corrected chi connectivity index (χ0v) is 15.5. The number of carbonyl (C=O) groups is 1. The van der Waals surface area contributed by atoms with Gasteiger partial charge in [0.1, 0.15) is 0 Å². The van der Waals surface area contributed by atoms with Crippen molar-refractivity contribution in [3.05, 3.63) is 41.3 Å².